The first-order valence-corrected chi connectivity index (χ1v) is 49.7. The van der Waals surface area contributed by atoms with Crippen LogP contribution in [0.1, 0.15) is 318 Å². The molecule has 0 heterocycles. The summed E-state index contributed by atoms with van der Waals surface area (Å²) in [6.45, 7) is 63.4. The molecule has 0 radical (unpaired) electrons. The van der Waals surface area contributed by atoms with Gasteiger partial charge in [-0.15, -0.1) is 0 Å². The molecule has 0 aliphatic heterocycles. The third-order valence-corrected chi connectivity index (χ3v) is 27.1. The number of aromatic hydroxyl groups is 14. The molecule has 0 aliphatic rings. The standard InChI is InChI=1S/C20H26O2.2C19H24O2.2C18H22O2.2C17H20O2/c1-6-7-16(17-10-12(2)8-14(4)19(17)21)18-11-13(3)9-15(5)20(18)22;1-6-15(16-9-11(2)7-13(4)18(16)20)17-10-12(3)8-14(5)19(17)21;1-5-14-7-12(3)18(20)16(9-14)11-17-10-15(6-2)8-13(4)19(17)21;2*1-10-6-12(3)17(19)15(8-10)14(5)16-9-11(2)7-13(4)18(16)20;2*1-10-5-12(3)16(18)14(7-10)9-15-8-11(2)6-13(4)17(15)19/h8-11,16,21-22H,6-7H2,1-5H3;7-10,15,20-21H,6H2,1-5H3;7-10,20-21H,5-6,11H2,1-4H3;2*6-9,14,19-20H,1-5H3;2*5-8,18-19H,9H2,1-4H3. The highest BCUT2D eigenvalue weighted by atomic mass is 16.3. The molecule has 14 N–H and O–H groups in total. The van der Waals surface area contributed by atoms with Gasteiger partial charge >= 0.3 is 0 Å². The van der Waals surface area contributed by atoms with Crippen LogP contribution >= 0.6 is 0 Å². The van der Waals surface area contributed by atoms with Gasteiger partial charge in [-0.05, 0) is 328 Å². The number of phenolic OH excluding ortho intramolecular Hbond substituents is 14. The Balaban J connectivity index is 0.000000203. The molecule has 0 aliphatic carbocycles. The van der Waals surface area contributed by atoms with Crippen molar-refractivity contribution in [3.63, 3.8) is 0 Å². The number of hydrogen-bond donors (Lipinski definition) is 14. The second-order valence-corrected chi connectivity index (χ2v) is 40.3. The van der Waals surface area contributed by atoms with E-state index in [1.807, 2.05) is 364 Å². The van der Waals surface area contributed by atoms with Gasteiger partial charge in [-0.1, -0.05) is 285 Å². The van der Waals surface area contributed by atoms with Crippen LogP contribution < -0.4 is 0 Å². The largest absolute Gasteiger partial charge is 0.507 e. The Hall–Kier alpha value is -13.7. The van der Waals surface area contributed by atoms with Crippen LogP contribution in [0.3, 0.4) is 0 Å². The Bertz CT molecular complexity index is 6250. The summed E-state index contributed by atoms with van der Waals surface area (Å²) in [5.41, 5.74) is 40.5. The van der Waals surface area contributed by atoms with Gasteiger partial charge in [-0.2, -0.15) is 0 Å². The number of hydrogen-bond acceptors (Lipinski definition) is 14. The van der Waals surface area contributed by atoms with E-state index in [1.54, 1.807) is 0 Å². The van der Waals surface area contributed by atoms with Gasteiger partial charge in [-0.3, -0.25) is 0 Å². The van der Waals surface area contributed by atoms with Crippen molar-refractivity contribution in [2.45, 2.75) is 297 Å². The molecule has 0 spiro atoms. The predicted octanol–water partition coefficient (Wildman–Crippen LogP) is 31.4. The molecular formula is C128H158O14. The van der Waals surface area contributed by atoms with Gasteiger partial charge in [-0.25, -0.2) is 0 Å². The van der Waals surface area contributed by atoms with Gasteiger partial charge in [0.05, 0.1) is 0 Å². The summed E-state index contributed by atoms with van der Waals surface area (Å²) in [5, 5.41) is 144. The van der Waals surface area contributed by atoms with E-state index in [9.17, 15) is 71.5 Å². The summed E-state index contributed by atoms with van der Waals surface area (Å²) in [6, 6.07) is 55.7. The molecule has 0 unspecified atom stereocenters. The van der Waals surface area contributed by atoms with Crippen LogP contribution in [0, 0.1) is 180 Å². The highest BCUT2D eigenvalue weighted by molar-refractivity contribution is 5.61. The van der Waals surface area contributed by atoms with Crippen LogP contribution in [0.15, 0.2) is 170 Å². The summed E-state index contributed by atoms with van der Waals surface area (Å²) >= 11 is 0. The lowest BCUT2D eigenvalue weighted by atomic mass is 9.83. The molecule has 14 aromatic carbocycles. The number of aryl methyl sites for hydroxylation is 28. The molecule has 14 aromatic rings. The second kappa shape index (κ2) is 49.6. The maximum atomic E-state index is 10.5. The summed E-state index contributed by atoms with van der Waals surface area (Å²) in [5.74, 6) is 4.55. The zero-order chi connectivity index (χ0) is 106. The summed E-state index contributed by atoms with van der Waals surface area (Å²) in [6.07, 6.45) is 6.23. The Morgan fingerprint density at radius 1 is 0.169 bits per heavy atom. The summed E-state index contributed by atoms with van der Waals surface area (Å²) in [7, 11) is 0. The zero-order valence-electron chi connectivity index (χ0n) is 90.4. The lowest BCUT2D eigenvalue weighted by Gasteiger charge is -2.22. The molecule has 754 valence electrons. The SMILES string of the molecule is CCC(c1cc(C)cc(C)c1O)c1cc(C)cc(C)c1O.CCCC(c1cc(C)cc(C)c1O)c1cc(C)cc(C)c1O.CCc1cc(C)c(O)c(Cc2cc(CC)cc(C)c2O)c1.Cc1cc(C)c(O)c(C(C)c2cc(C)cc(C)c2O)c1.Cc1cc(C)c(O)c(C(C)c2cc(C)cc(C)c2O)c1.Cc1cc(C)c(O)c(Cc2cc(C)cc(C)c2O)c1.Cc1cc(C)c(O)c(Cc2cc(C)cc(C)c2O)c1. The van der Waals surface area contributed by atoms with Crippen LogP contribution in [0.5, 0.6) is 80.5 Å². The molecule has 142 heavy (non-hydrogen) atoms. The molecule has 0 amide bonds. The fraction of sp³-hybridized carbons (Fsp3) is 0.344. The van der Waals surface area contributed by atoms with Crippen molar-refractivity contribution in [1.82, 2.24) is 0 Å². The highest BCUT2D eigenvalue weighted by Crippen LogP contribution is 2.47. The predicted molar refractivity (Wildman–Crippen MR) is 588 cm³/mol. The molecule has 0 aromatic heterocycles. The molecule has 14 rings (SSSR count). The molecule has 0 fully saturated rings. The van der Waals surface area contributed by atoms with Crippen molar-refractivity contribution in [2.24, 2.45) is 0 Å². The molecule has 0 bridgehead atoms. The summed E-state index contributed by atoms with van der Waals surface area (Å²) < 4.78 is 0. The molecule has 0 atom stereocenters. The number of phenols is 14. The third kappa shape index (κ3) is 28.6. The van der Waals surface area contributed by atoms with Gasteiger partial charge < -0.3 is 71.5 Å². The Morgan fingerprint density at radius 2 is 0.317 bits per heavy atom. The fourth-order valence-corrected chi connectivity index (χ4v) is 19.9. The lowest BCUT2D eigenvalue weighted by Crippen LogP contribution is -2.04. The number of rotatable bonds is 19. The molecular weight excluding hydrogens is 1760 g/mol. The first kappa shape index (κ1) is 114. The maximum absolute atomic E-state index is 10.5. The van der Waals surface area contributed by atoms with E-state index in [-0.39, 0.29) is 23.7 Å². The minimum absolute atomic E-state index is 0.00204. The monoisotopic (exact) mass is 1920 g/mol. The molecule has 14 heteroatoms. The highest BCUT2D eigenvalue weighted by Gasteiger charge is 2.28. The van der Waals surface area contributed by atoms with Crippen molar-refractivity contribution in [1.29, 1.82) is 0 Å². The van der Waals surface area contributed by atoms with Crippen LogP contribution in [-0.2, 0) is 32.1 Å². The van der Waals surface area contributed by atoms with E-state index < -0.39 is 0 Å². The van der Waals surface area contributed by atoms with E-state index in [0.29, 0.717) is 99.8 Å². The Morgan fingerprint density at radius 3 is 0.493 bits per heavy atom. The van der Waals surface area contributed by atoms with Crippen molar-refractivity contribution in [3.05, 3.63) is 404 Å². The van der Waals surface area contributed by atoms with E-state index in [2.05, 4.69) is 27.7 Å². The minimum Gasteiger partial charge on any atom is -0.507 e. The third-order valence-electron chi connectivity index (χ3n) is 27.1. The molecule has 14 nitrogen and oxygen atoms in total. The van der Waals surface area contributed by atoms with Crippen molar-refractivity contribution in [2.75, 3.05) is 0 Å². The maximum Gasteiger partial charge on any atom is 0.122 e. The molecule has 0 saturated heterocycles. The van der Waals surface area contributed by atoms with Crippen molar-refractivity contribution < 1.29 is 71.5 Å². The van der Waals surface area contributed by atoms with E-state index >= 15 is 0 Å². The Kier molecular flexibility index (Phi) is 39.7. The quantitative estimate of drug-likeness (QED) is 0.0359. The Labute approximate surface area is 846 Å². The van der Waals surface area contributed by atoms with Crippen molar-refractivity contribution >= 4 is 0 Å². The second-order valence-electron chi connectivity index (χ2n) is 40.3. The smallest absolute Gasteiger partial charge is 0.122 e. The first-order chi connectivity index (χ1) is 66.5. The van der Waals surface area contributed by atoms with Crippen LogP contribution in [0.4, 0.5) is 0 Å². The van der Waals surface area contributed by atoms with Crippen LogP contribution in [-0.4, -0.2) is 71.5 Å². The fourth-order valence-electron chi connectivity index (χ4n) is 19.9. The normalized spacial score (nSPS) is 11.0. The number of benzene rings is 14. The van der Waals surface area contributed by atoms with Crippen LogP contribution in [0.2, 0.25) is 0 Å². The van der Waals surface area contributed by atoms with E-state index in [0.717, 1.165) is 255 Å². The summed E-state index contributed by atoms with van der Waals surface area (Å²) in [4.78, 5) is 0. The van der Waals surface area contributed by atoms with Crippen LogP contribution in [0.25, 0.3) is 0 Å². The lowest BCUT2D eigenvalue weighted by molar-refractivity contribution is 0.445. The van der Waals surface area contributed by atoms with Crippen molar-refractivity contribution in [3.8, 4) is 80.5 Å². The van der Waals surface area contributed by atoms with E-state index in [1.165, 1.54) is 11.1 Å². The van der Waals surface area contributed by atoms with E-state index in [4.69, 9.17) is 0 Å². The zero-order valence-corrected chi connectivity index (χ0v) is 90.4. The first-order valence-electron chi connectivity index (χ1n) is 49.7. The topological polar surface area (TPSA) is 283 Å². The van der Waals surface area contributed by atoms with Gasteiger partial charge in [0, 0.05) is 87.4 Å². The van der Waals surface area contributed by atoms with Gasteiger partial charge in [0.15, 0.2) is 0 Å². The van der Waals surface area contributed by atoms with Gasteiger partial charge in [0.2, 0.25) is 0 Å². The van der Waals surface area contributed by atoms with Gasteiger partial charge in [0.25, 0.3) is 0 Å². The van der Waals surface area contributed by atoms with Gasteiger partial charge in [0.1, 0.15) is 80.5 Å². The molecule has 0 saturated carbocycles. The minimum atomic E-state index is -0.0489. The average Bonchev–Trinajstić information content (AvgIpc) is 1.72. The average molecular weight is 1920 g/mol.